The summed E-state index contributed by atoms with van der Waals surface area (Å²) in [6.07, 6.45) is 3.13. The van der Waals surface area contributed by atoms with E-state index in [0.717, 1.165) is 0 Å². The Morgan fingerprint density at radius 2 is 2.46 bits per heavy atom. The Balaban J connectivity index is 2.75. The average Bonchev–Trinajstić information content (AvgIpc) is 2.52. The molecule has 0 aliphatic heterocycles. The smallest absolute Gasteiger partial charge is 0.162 e. The van der Waals surface area contributed by atoms with Crippen LogP contribution in [-0.4, -0.2) is 15.6 Å². The molecule has 0 saturated carbocycles. The Bertz CT molecular complexity index is 344. The van der Waals surface area contributed by atoms with Crippen molar-refractivity contribution in [3.8, 4) is 0 Å². The molecule has 0 unspecified atom stereocenters. The lowest BCUT2D eigenvalue weighted by Crippen LogP contribution is -1.97. The largest absolute Gasteiger partial charge is 0.294 e. The number of hydrogen-bond donors (Lipinski definition) is 0. The van der Waals surface area contributed by atoms with Crippen LogP contribution in [0.25, 0.3) is 0 Å². The number of aromatic nitrogens is 2. The second-order valence-corrected chi connectivity index (χ2v) is 3.24. The minimum atomic E-state index is -0.0165. The van der Waals surface area contributed by atoms with Crippen LogP contribution < -0.4 is 0 Å². The molecular weight excluding hydrogens is 211 g/mol. The molecule has 0 fully saturated rings. The Labute approximate surface area is 85.9 Å². The van der Waals surface area contributed by atoms with Gasteiger partial charge in [-0.1, -0.05) is 23.2 Å². The molecule has 1 heterocycles. The van der Waals surface area contributed by atoms with Crippen LogP contribution in [0.5, 0.6) is 0 Å². The van der Waals surface area contributed by atoms with Crippen molar-refractivity contribution >= 4 is 29.0 Å². The summed E-state index contributed by atoms with van der Waals surface area (Å²) in [5, 5.41) is 4.41. The van der Waals surface area contributed by atoms with Gasteiger partial charge in [-0.05, 0) is 6.92 Å². The molecule has 0 spiro atoms. The van der Waals surface area contributed by atoms with Crippen molar-refractivity contribution in [3.63, 3.8) is 0 Å². The van der Waals surface area contributed by atoms with Crippen LogP contribution >= 0.6 is 23.2 Å². The molecule has 70 valence electrons. The van der Waals surface area contributed by atoms with Crippen molar-refractivity contribution in [2.75, 3.05) is 0 Å². The zero-order valence-electron chi connectivity index (χ0n) is 7.00. The number of halogens is 2. The predicted octanol–water partition coefficient (Wildman–Crippen LogP) is 2.40. The number of Topliss-reactive ketones (excluding diaryl/α,β-unsaturated/α-hetero) is 1. The SMILES string of the molecule is CC(=O)c1cnn(C/C(Cl)=C/Cl)c1. The maximum Gasteiger partial charge on any atom is 0.162 e. The fraction of sp³-hybridized carbons (Fsp3) is 0.250. The van der Waals surface area contributed by atoms with E-state index in [-0.39, 0.29) is 5.78 Å². The van der Waals surface area contributed by atoms with Gasteiger partial charge < -0.3 is 0 Å². The zero-order chi connectivity index (χ0) is 9.84. The number of carbonyl (C=O) groups excluding carboxylic acids is 1. The van der Waals surface area contributed by atoms with Crippen LogP contribution in [-0.2, 0) is 6.54 Å². The molecule has 0 radical (unpaired) electrons. The van der Waals surface area contributed by atoms with E-state index in [2.05, 4.69) is 5.10 Å². The highest BCUT2D eigenvalue weighted by atomic mass is 35.5. The number of rotatable bonds is 3. The second-order valence-electron chi connectivity index (χ2n) is 2.54. The van der Waals surface area contributed by atoms with Crippen molar-refractivity contribution in [2.24, 2.45) is 0 Å². The normalized spacial score (nSPS) is 11.8. The van der Waals surface area contributed by atoms with Crippen LogP contribution in [0.15, 0.2) is 23.0 Å². The zero-order valence-corrected chi connectivity index (χ0v) is 8.51. The number of hydrogen-bond acceptors (Lipinski definition) is 2. The molecule has 1 aromatic rings. The Morgan fingerprint density at radius 1 is 1.77 bits per heavy atom. The lowest BCUT2D eigenvalue weighted by molar-refractivity contribution is 0.101. The molecule has 0 amide bonds. The molecule has 0 aliphatic rings. The first kappa shape index (κ1) is 10.3. The highest BCUT2D eigenvalue weighted by Gasteiger charge is 2.03. The van der Waals surface area contributed by atoms with Crippen LogP contribution in [0.1, 0.15) is 17.3 Å². The van der Waals surface area contributed by atoms with Crippen LogP contribution in [0.2, 0.25) is 0 Å². The van der Waals surface area contributed by atoms with Gasteiger partial charge in [0.1, 0.15) is 0 Å². The number of nitrogens with zero attached hydrogens (tertiary/aromatic N) is 2. The maximum atomic E-state index is 10.9. The lowest BCUT2D eigenvalue weighted by Gasteiger charge is -1.96. The fourth-order valence-corrected chi connectivity index (χ4v) is 1.01. The summed E-state index contributed by atoms with van der Waals surface area (Å²) < 4.78 is 1.55. The third-order valence-electron chi connectivity index (χ3n) is 1.47. The molecule has 5 heteroatoms. The number of ketones is 1. The molecule has 3 nitrogen and oxygen atoms in total. The predicted molar refractivity (Wildman–Crippen MR) is 52.0 cm³/mol. The molecule has 0 saturated heterocycles. The quantitative estimate of drug-likeness (QED) is 0.731. The van der Waals surface area contributed by atoms with Gasteiger partial charge in [0.2, 0.25) is 0 Å². The Hall–Kier alpha value is -0.800. The standard InChI is InChI=1S/C8H8Cl2N2O/c1-6(13)7-3-11-12(4-7)5-8(10)2-9/h2-4H,5H2,1H3/b8-2-. The van der Waals surface area contributed by atoms with Crippen molar-refractivity contribution in [1.82, 2.24) is 9.78 Å². The van der Waals surface area contributed by atoms with Gasteiger partial charge in [-0.15, -0.1) is 0 Å². The van der Waals surface area contributed by atoms with Gasteiger partial charge in [-0.3, -0.25) is 9.48 Å². The minimum absolute atomic E-state index is 0.0165. The summed E-state index contributed by atoms with van der Waals surface area (Å²) in [5.41, 5.74) is 1.84. The fourth-order valence-electron chi connectivity index (χ4n) is 0.821. The van der Waals surface area contributed by atoms with Gasteiger partial charge in [-0.25, -0.2) is 0 Å². The van der Waals surface area contributed by atoms with Crippen molar-refractivity contribution in [2.45, 2.75) is 13.5 Å². The maximum absolute atomic E-state index is 10.9. The van der Waals surface area contributed by atoms with E-state index in [1.165, 1.54) is 18.7 Å². The summed E-state index contributed by atoms with van der Waals surface area (Å²) in [5.74, 6) is -0.0165. The van der Waals surface area contributed by atoms with E-state index in [9.17, 15) is 4.79 Å². The first-order valence-electron chi connectivity index (χ1n) is 3.61. The van der Waals surface area contributed by atoms with Gasteiger partial charge in [0, 0.05) is 11.7 Å². The minimum Gasteiger partial charge on any atom is -0.294 e. The van der Waals surface area contributed by atoms with Gasteiger partial charge in [0.15, 0.2) is 5.78 Å². The first-order chi connectivity index (χ1) is 6.13. The summed E-state index contributed by atoms with van der Waals surface area (Å²) in [7, 11) is 0. The molecule has 0 bridgehead atoms. The molecule has 13 heavy (non-hydrogen) atoms. The Kier molecular flexibility index (Phi) is 3.51. The topological polar surface area (TPSA) is 34.9 Å². The molecule has 1 aromatic heterocycles. The van der Waals surface area contributed by atoms with E-state index >= 15 is 0 Å². The average molecular weight is 219 g/mol. The van der Waals surface area contributed by atoms with E-state index in [0.29, 0.717) is 17.1 Å². The first-order valence-corrected chi connectivity index (χ1v) is 4.43. The van der Waals surface area contributed by atoms with E-state index in [4.69, 9.17) is 23.2 Å². The van der Waals surface area contributed by atoms with Crippen LogP contribution in [0, 0.1) is 0 Å². The van der Waals surface area contributed by atoms with Crippen LogP contribution in [0.4, 0.5) is 0 Å². The van der Waals surface area contributed by atoms with Crippen molar-refractivity contribution < 1.29 is 4.79 Å². The van der Waals surface area contributed by atoms with Gasteiger partial charge >= 0.3 is 0 Å². The summed E-state index contributed by atoms with van der Waals surface area (Å²) in [4.78, 5) is 10.9. The van der Waals surface area contributed by atoms with Crippen molar-refractivity contribution in [3.05, 3.63) is 28.5 Å². The third-order valence-corrected chi connectivity index (χ3v) is 2.07. The van der Waals surface area contributed by atoms with Gasteiger partial charge in [0.25, 0.3) is 0 Å². The molecule has 0 N–H and O–H groups in total. The highest BCUT2D eigenvalue weighted by Crippen LogP contribution is 2.07. The molecule has 1 rings (SSSR count). The summed E-state index contributed by atoms with van der Waals surface area (Å²) in [6, 6.07) is 0. The van der Waals surface area contributed by atoms with Crippen LogP contribution in [0.3, 0.4) is 0 Å². The van der Waals surface area contributed by atoms with Gasteiger partial charge in [0.05, 0.1) is 23.3 Å². The highest BCUT2D eigenvalue weighted by molar-refractivity contribution is 6.36. The second kappa shape index (κ2) is 4.44. The van der Waals surface area contributed by atoms with Crippen molar-refractivity contribution in [1.29, 1.82) is 0 Å². The molecule has 0 aromatic carbocycles. The third kappa shape index (κ3) is 2.86. The monoisotopic (exact) mass is 218 g/mol. The molecule has 0 atom stereocenters. The molecule has 0 aliphatic carbocycles. The lowest BCUT2D eigenvalue weighted by atomic mass is 10.3. The van der Waals surface area contributed by atoms with Gasteiger partial charge in [-0.2, -0.15) is 5.10 Å². The summed E-state index contributed by atoms with van der Waals surface area (Å²) in [6.45, 7) is 1.87. The van der Waals surface area contributed by atoms with E-state index in [1.54, 1.807) is 10.9 Å². The number of allylic oxidation sites excluding steroid dienone is 1. The van der Waals surface area contributed by atoms with E-state index < -0.39 is 0 Å². The van der Waals surface area contributed by atoms with E-state index in [1.807, 2.05) is 0 Å². The Morgan fingerprint density at radius 3 is 2.92 bits per heavy atom. The molecular formula is C8H8Cl2N2O. The summed E-state index contributed by atoms with van der Waals surface area (Å²) >= 11 is 11.0. The number of carbonyl (C=O) groups is 1.